The van der Waals surface area contributed by atoms with Gasteiger partial charge in [-0.15, -0.1) is 0 Å². The molecule has 0 bridgehead atoms. The Labute approximate surface area is 139 Å². The van der Waals surface area contributed by atoms with Crippen LogP contribution < -0.4 is 4.74 Å². The number of halogens is 1. The zero-order chi connectivity index (χ0) is 17.1. The molecule has 2 heterocycles. The van der Waals surface area contributed by atoms with E-state index in [4.69, 9.17) is 4.74 Å². The normalized spacial score (nSPS) is 20.2. The number of carbonyl (C=O) groups excluding carboxylic acids is 1. The van der Waals surface area contributed by atoms with E-state index in [-0.39, 0.29) is 30.7 Å². The van der Waals surface area contributed by atoms with Crippen LogP contribution in [0.25, 0.3) is 0 Å². The van der Waals surface area contributed by atoms with Crippen molar-refractivity contribution in [1.29, 1.82) is 0 Å². The molecule has 1 aliphatic heterocycles. The summed E-state index contributed by atoms with van der Waals surface area (Å²) >= 11 is 0. The number of hydrogen-bond acceptors (Lipinski definition) is 4. The first-order valence-electron chi connectivity index (χ1n) is 7.79. The lowest BCUT2D eigenvalue weighted by Gasteiger charge is -2.24. The fourth-order valence-electron chi connectivity index (χ4n) is 3.05. The molecule has 1 fully saturated rings. The van der Waals surface area contributed by atoms with Crippen LogP contribution in [0.2, 0.25) is 0 Å². The SMILES string of the molecule is COc1cccc(CC(=O)N2C[C@@H](O)C[C@@H]2c2cccc(F)c2)n1. The van der Waals surface area contributed by atoms with Crippen molar-refractivity contribution in [1.82, 2.24) is 9.88 Å². The minimum atomic E-state index is -0.611. The Morgan fingerprint density at radius 3 is 2.92 bits per heavy atom. The molecule has 0 aliphatic carbocycles. The molecule has 1 saturated heterocycles. The van der Waals surface area contributed by atoms with Crippen molar-refractivity contribution in [2.24, 2.45) is 0 Å². The quantitative estimate of drug-likeness (QED) is 0.933. The molecule has 126 valence electrons. The average Bonchev–Trinajstić information content (AvgIpc) is 2.97. The van der Waals surface area contributed by atoms with E-state index in [2.05, 4.69) is 4.98 Å². The van der Waals surface area contributed by atoms with Crippen molar-refractivity contribution in [2.45, 2.75) is 25.0 Å². The lowest BCUT2D eigenvalue weighted by Crippen LogP contribution is -2.33. The maximum absolute atomic E-state index is 13.5. The van der Waals surface area contributed by atoms with Gasteiger partial charge in [-0.3, -0.25) is 4.79 Å². The Morgan fingerprint density at radius 2 is 2.17 bits per heavy atom. The highest BCUT2D eigenvalue weighted by Crippen LogP contribution is 2.33. The van der Waals surface area contributed by atoms with E-state index in [9.17, 15) is 14.3 Å². The van der Waals surface area contributed by atoms with Gasteiger partial charge >= 0.3 is 0 Å². The molecule has 1 amide bonds. The molecule has 3 rings (SSSR count). The third kappa shape index (κ3) is 3.54. The second-order valence-electron chi connectivity index (χ2n) is 5.85. The van der Waals surface area contributed by atoms with Gasteiger partial charge in [-0.2, -0.15) is 0 Å². The first-order valence-corrected chi connectivity index (χ1v) is 7.79. The fraction of sp³-hybridized carbons (Fsp3) is 0.333. The summed E-state index contributed by atoms with van der Waals surface area (Å²) in [5.74, 6) is -0.0549. The summed E-state index contributed by atoms with van der Waals surface area (Å²) in [6.45, 7) is 0.240. The Bertz CT molecular complexity index is 738. The zero-order valence-corrected chi connectivity index (χ0v) is 13.4. The molecule has 1 N–H and O–H groups in total. The van der Waals surface area contributed by atoms with E-state index >= 15 is 0 Å². The van der Waals surface area contributed by atoms with Gasteiger partial charge in [-0.05, 0) is 30.2 Å². The van der Waals surface area contributed by atoms with Crippen LogP contribution in [0.15, 0.2) is 42.5 Å². The van der Waals surface area contributed by atoms with Gasteiger partial charge in [0.05, 0.1) is 31.4 Å². The second kappa shape index (κ2) is 6.97. The second-order valence-corrected chi connectivity index (χ2v) is 5.85. The lowest BCUT2D eigenvalue weighted by atomic mass is 10.0. The monoisotopic (exact) mass is 330 g/mol. The molecule has 6 heteroatoms. The van der Waals surface area contributed by atoms with E-state index in [0.29, 0.717) is 23.6 Å². The highest BCUT2D eigenvalue weighted by atomic mass is 19.1. The van der Waals surface area contributed by atoms with Gasteiger partial charge in [0.25, 0.3) is 0 Å². The van der Waals surface area contributed by atoms with Gasteiger partial charge in [0.2, 0.25) is 11.8 Å². The molecule has 1 aromatic heterocycles. The lowest BCUT2D eigenvalue weighted by molar-refractivity contribution is -0.131. The van der Waals surface area contributed by atoms with Crippen LogP contribution in [0.4, 0.5) is 4.39 Å². The largest absolute Gasteiger partial charge is 0.481 e. The van der Waals surface area contributed by atoms with Crippen LogP contribution in [0.3, 0.4) is 0 Å². The zero-order valence-electron chi connectivity index (χ0n) is 13.4. The fourth-order valence-corrected chi connectivity index (χ4v) is 3.05. The molecule has 0 saturated carbocycles. The number of hydrogen-bond donors (Lipinski definition) is 1. The molecule has 5 nitrogen and oxygen atoms in total. The van der Waals surface area contributed by atoms with Gasteiger partial charge in [0.1, 0.15) is 5.82 Å². The van der Waals surface area contributed by atoms with Crippen molar-refractivity contribution in [3.05, 3.63) is 59.5 Å². The van der Waals surface area contributed by atoms with Crippen molar-refractivity contribution in [3.63, 3.8) is 0 Å². The molecule has 1 aromatic carbocycles. The van der Waals surface area contributed by atoms with Crippen LogP contribution in [0, 0.1) is 5.82 Å². The number of nitrogens with zero attached hydrogens (tertiary/aromatic N) is 2. The third-order valence-corrected chi connectivity index (χ3v) is 4.16. The van der Waals surface area contributed by atoms with E-state index in [0.717, 1.165) is 0 Å². The first kappa shape index (κ1) is 16.4. The predicted molar refractivity (Wildman–Crippen MR) is 86.0 cm³/mol. The number of benzene rings is 1. The summed E-state index contributed by atoms with van der Waals surface area (Å²) in [5, 5.41) is 9.97. The van der Waals surface area contributed by atoms with Crippen molar-refractivity contribution in [2.75, 3.05) is 13.7 Å². The Morgan fingerprint density at radius 1 is 1.38 bits per heavy atom. The highest BCUT2D eigenvalue weighted by Gasteiger charge is 2.35. The van der Waals surface area contributed by atoms with E-state index < -0.39 is 6.10 Å². The number of aliphatic hydroxyl groups is 1. The number of aromatic nitrogens is 1. The van der Waals surface area contributed by atoms with Crippen LogP contribution >= 0.6 is 0 Å². The first-order chi connectivity index (χ1) is 11.6. The maximum Gasteiger partial charge on any atom is 0.229 e. The number of β-amino-alcohol motifs (C(OH)–C–C–N with tert-alkyl or cyclic N) is 1. The van der Waals surface area contributed by atoms with Crippen molar-refractivity contribution < 1.29 is 19.0 Å². The van der Waals surface area contributed by atoms with Gasteiger partial charge in [0.15, 0.2) is 0 Å². The molecular weight excluding hydrogens is 311 g/mol. The van der Waals surface area contributed by atoms with E-state index in [1.165, 1.54) is 19.2 Å². The predicted octanol–water partition coefficient (Wildman–Crippen LogP) is 2.11. The number of rotatable bonds is 4. The van der Waals surface area contributed by atoms with Crippen LogP contribution in [0.1, 0.15) is 23.7 Å². The number of methoxy groups -OCH3 is 1. The molecule has 0 unspecified atom stereocenters. The van der Waals surface area contributed by atoms with E-state index in [1.807, 2.05) is 0 Å². The summed E-state index contributed by atoms with van der Waals surface area (Å²) < 4.78 is 18.6. The summed E-state index contributed by atoms with van der Waals surface area (Å²) in [4.78, 5) is 18.5. The number of aliphatic hydroxyl groups excluding tert-OH is 1. The minimum absolute atomic E-state index is 0.107. The van der Waals surface area contributed by atoms with Crippen molar-refractivity contribution >= 4 is 5.91 Å². The molecule has 0 radical (unpaired) electrons. The van der Waals surface area contributed by atoms with Crippen LogP contribution in [0.5, 0.6) is 5.88 Å². The summed E-state index contributed by atoms with van der Waals surface area (Å²) in [7, 11) is 1.52. The molecule has 2 aromatic rings. The Balaban J connectivity index is 1.79. The average molecular weight is 330 g/mol. The van der Waals surface area contributed by atoms with Gasteiger partial charge in [-0.25, -0.2) is 9.37 Å². The number of carbonyl (C=O) groups is 1. The molecule has 24 heavy (non-hydrogen) atoms. The summed E-state index contributed by atoms with van der Waals surface area (Å²) in [5.41, 5.74) is 1.29. The van der Waals surface area contributed by atoms with Crippen LogP contribution in [-0.4, -0.2) is 40.7 Å². The van der Waals surface area contributed by atoms with Gasteiger partial charge < -0.3 is 14.7 Å². The Hall–Kier alpha value is -2.47. The number of ether oxygens (including phenoxy) is 1. The molecule has 2 atom stereocenters. The standard InChI is InChI=1S/C18H19FN2O3/c1-24-17-7-3-6-14(20-17)9-18(23)21-11-15(22)10-16(21)12-4-2-5-13(19)8-12/h2-8,15-16,22H,9-11H2,1H3/t15-,16+/m0/s1. The van der Waals surface area contributed by atoms with Gasteiger partial charge in [0, 0.05) is 12.6 Å². The third-order valence-electron chi connectivity index (χ3n) is 4.16. The molecule has 0 spiro atoms. The minimum Gasteiger partial charge on any atom is -0.481 e. The smallest absolute Gasteiger partial charge is 0.229 e. The van der Waals surface area contributed by atoms with Gasteiger partial charge in [-0.1, -0.05) is 18.2 Å². The topological polar surface area (TPSA) is 62.7 Å². The van der Waals surface area contributed by atoms with Crippen molar-refractivity contribution in [3.8, 4) is 5.88 Å². The summed E-state index contributed by atoms with van der Waals surface area (Å²) in [6.07, 6.45) is -0.100. The number of amides is 1. The number of likely N-dealkylation sites (tertiary alicyclic amines) is 1. The summed E-state index contributed by atoms with van der Waals surface area (Å²) in [6, 6.07) is 11.1. The highest BCUT2D eigenvalue weighted by molar-refractivity contribution is 5.79. The molecule has 1 aliphatic rings. The Kier molecular flexibility index (Phi) is 4.76. The van der Waals surface area contributed by atoms with Crippen LogP contribution in [-0.2, 0) is 11.2 Å². The number of pyridine rings is 1. The molecular formula is C18H19FN2O3. The maximum atomic E-state index is 13.5. The van der Waals surface area contributed by atoms with E-state index in [1.54, 1.807) is 35.2 Å².